The van der Waals surface area contributed by atoms with E-state index in [4.69, 9.17) is 23.2 Å². The van der Waals surface area contributed by atoms with Crippen molar-refractivity contribution in [1.82, 2.24) is 10.2 Å². The van der Waals surface area contributed by atoms with Crippen LogP contribution in [0.15, 0.2) is 77.7 Å². The molecule has 0 saturated carbocycles. The van der Waals surface area contributed by atoms with E-state index in [1.54, 1.807) is 39.0 Å². The molecule has 0 aliphatic carbocycles. The number of amides is 2. The van der Waals surface area contributed by atoms with Crippen molar-refractivity contribution in [3.05, 3.63) is 94.2 Å². The number of anilines is 1. The number of halogens is 3. The van der Waals surface area contributed by atoms with Crippen LogP contribution in [-0.4, -0.2) is 43.8 Å². The second-order valence-electron chi connectivity index (χ2n) is 8.91. The number of sulfonamides is 1. The first kappa shape index (κ1) is 29.4. The molecule has 0 aliphatic heterocycles. The molecule has 0 heterocycles. The predicted molar refractivity (Wildman–Crippen MR) is 147 cm³/mol. The first-order valence-corrected chi connectivity index (χ1v) is 14.0. The van der Waals surface area contributed by atoms with Crippen molar-refractivity contribution in [3.8, 4) is 0 Å². The van der Waals surface area contributed by atoms with Gasteiger partial charge in [0, 0.05) is 17.6 Å². The molecular weight excluding hydrogens is 552 g/mol. The SMILES string of the molecule is CC(C)NC(=O)[C@H](C)N(Cc1ccc(F)cc1)C(=O)CN(c1ccc(Cl)cc1Cl)S(=O)(=O)c1ccccc1. The van der Waals surface area contributed by atoms with Gasteiger partial charge in [0.15, 0.2) is 0 Å². The maximum Gasteiger partial charge on any atom is 0.264 e. The van der Waals surface area contributed by atoms with Gasteiger partial charge >= 0.3 is 0 Å². The monoisotopic (exact) mass is 579 g/mol. The molecule has 7 nitrogen and oxygen atoms in total. The van der Waals surface area contributed by atoms with E-state index in [1.807, 2.05) is 0 Å². The van der Waals surface area contributed by atoms with E-state index >= 15 is 0 Å². The lowest BCUT2D eigenvalue weighted by Gasteiger charge is -2.32. The van der Waals surface area contributed by atoms with E-state index in [-0.39, 0.29) is 28.2 Å². The number of rotatable bonds is 10. The molecular formula is C27H28Cl2FN3O4S. The fourth-order valence-corrected chi connectivity index (χ4v) is 5.71. The third kappa shape index (κ3) is 7.24. The van der Waals surface area contributed by atoms with E-state index in [2.05, 4.69) is 5.32 Å². The number of carbonyl (C=O) groups is 2. The van der Waals surface area contributed by atoms with Crippen LogP contribution in [0.2, 0.25) is 10.0 Å². The highest BCUT2D eigenvalue weighted by Crippen LogP contribution is 2.33. The summed E-state index contributed by atoms with van der Waals surface area (Å²) in [6, 6.07) is 16.2. The summed E-state index contributed by atoms with van der Waals surface area (Å²) in [5, 5.41) is 3.09. The van der Waals surface area contributed by atoms with Crippen molar-refractivity contribution >= 4 is 50.7 Å². The molecule has 0 aromatic heterocycles. The predicted octanol–water partition coefficient (Wildman–Crippen LogP) is 5.27. The molecule has 202 valence electrons. The summed E-state index contributed by atoms with van der Waals surface area (Å²) < 4.78 is 41.8. The van der Waals surface area contributed by atoms with Gasteiger partial charge in [-0.05, 0) is 68.8 Å². The lowest BCUT2D eigenvalue weighted by atomic mass is 10.1. The van der Waals surface area contributed by atoms with Crippen LogP contribution in [0, 0.1) is 5.82 Å². The number of hydrogen-bond donors (Lipinski definition) is 1. The van der Waals surface area contributed by atoms with E-state index in [9.17, 15) is 22.4 Å². The summed E-state index contributed by atoms with van der Waals surface area (Å²) in [6.45, 7) is 4.41. The number of nitrogens with one attached hydrogen (secondary N) is 1. The van der Waals surface area contributed by atoms with Gasteiger partial charge in [-0.2, -0.15) is 0 Å². The number of benzene rings is 3. The smallest absolute Gasteiger partial charge is 0.264 e. The molecule has 3 rings (SSSR count). The van der Waals surface area contributed by atoms with Crippen LogP contribution < -0.4 is 9.62 Å². The Morgan fingerprint density at radius 3 is 2.16 bits per heavy atom. The van der Waals surface area contributed by atoms with Crippen molar-refractivity contribution in [3.63, 3.8) is 0 Å². The molecule has 0 saturated heterocycles. The largest absolute Gasteiger partial charge is 0.352 e. The molecule has 0 spiro atoms. The Bertz CT molecular complexity index is 1390. The van der Waals surface area contributed by atoms with Gasteiger partial charge in [0.2, 0.25) is 11.8 Å². The minimum atomic E-state index is -4.25. The van der Waals surface area contributed by atoms with E-state index in [1.165, 1.54) is 59.5 Å². The molecule has 38 heavy (non-hydrogen) atoms. The Balaban J connectivity index is 2.05. The normalized spacial score (nSPS) is 12.2. The van der Waals surface area contributed by atoms with Crippen molar-refractivity contribution in [2.45, 2.75) is 44.3 Å². The Hall–Kier alpha value is -3.14. The zero-order valence-electron chi connectivity index (χ0n) is 21.1. The zero-order chi connectivity index (χ0) is 28.0. The molecule has 11 heteroatoms. The Kier molecular flexibility index (Phi) is 9.76. The van der Waals surface area contributed by atoms with Gasteiger partial charge in [0.05, 0.1) is 15.6 Å². The van der Waals surface area contributed by atoms with Crippen LogP contribution in [0.1, 0.15) is 26.3 Å². The van der Waals surface area contributed by atoms with Gasteiger partial charge in [-0.25, -0.2) is 12.8 Å². The van der Waals surface area contributed by atoms with Crippen molar-refractivity contribution in [2.24, 2.45) is 0 Å². The Morgan fingerprint density at radius 2 is 1.58 bits per heavy atom. The third-order valence-electron chi connectivity index (χ3n) is 5.65. The summed E-state index contributed by atoms with van der Waals surface area (Å²) in [5.74, 6) is -1.53. The standard InChI is InChI=1S/C27H28Cl2FN3O4S/c1-18(2)31-27(35)19(3)32(16-20-9-12-22(30)13-10-20)26(34)17-33(25-14-11-21(28)15-24(25)29)38(36,37)23-7-5-4-6-8-23/h4-15,18-19H,16-17H2,1-3H3,(H,31,35)/t19-/m0/s1. The quantitative estimate of drug-likeness (QED) is 0.354. The second kappa shape index (κ2) is 12.6. The number of carbonyl (C=O) groups excluding carboxylic acids is 2. The van der Waals surface area contributed by atoms with Crippen molar-refractivity contribution in [2.75, 3.05) is 10.8 Å². The third-order valence-corrected chi connectivity index (χ3v) is 7.96. The number of hydrogen-bond acceptors (Lipinski definition) is 4. The maximum absolute atomic E-state index is 13.8. The minimum absolute atomic E-state index is 0.0282. The van der Waals surface area contributed by atoms with Gasteiger partial charge in [0.25, 0.3) is 10.0 Å². The summed E-state index contributed by atoms with van der Waals surface area (Å²) in [7, 11) is -4.25. The van der Waals surface area contributed by atoms with E-state index < -0.39 is 40.2 Å². The van der Waals surface area contributed by atoms with Crippen LogP contribution in [0.25, 0.3) is 0 Å². The molecule has 0 aliphatic rings. The highest BCUT2D eigenvalue weighted by atomic mass is 35.5. The molecule has 3 aromatic carbocycles. The van der Waals surface area contributed by atoms with Crippen LogP contribution in [-0.2, 0) is 26.2 Å². The molecule has 2 amide bonds. The molecule has 0 fully saturated rings. The fourth-order valence-electron chi connectivity index (χ4n) is 3.69. The van der Waals surface area contributed by atoms with Gasteiger partial charge < -0.3 is 10.2 Å². The highest BCUT2D eigenvalue weighted by Gasteiger charge is 2.33. The van der Waals surface area contributed by atoms with Crippen molar-refractivity contribution < 1.29 is 22.4 Å². The topological polar surface area (TPSA) is 86.8 Å². The molecule has 0 bridgehead atoms. The first-order valence-electron chi connectivity index (χ1n) is 11.8. The molecule has 3 aromatic rings. The van der Waals surface area contributed by atoms with E-state index in [0.29, 0.717) is 10.6 Å². The summed E-state index contributed by atoms with van der Waals surface area (Å²) in [6.07, 6.45) is 0. The molecule has 1 atom stereocenters. The average molecular weight is 581 g/mol. The van der Waals surface area contributed by atoms with E-state index in [0.717, 1.165) is 4.31 Å². The fraction of sp³-hybridized carbons (Fsp3) is 0.259. The summed E-state index contributed by atoms with van der Waals surface area (Å²) >= 11 is 12.4. The summed E-state index contributed by atoms with van der Waals surface area (Å²) in [4.78, 5) is 27.9. The number of nitrogens with zero attached hydrogens (tertiary/aromatic N) is 2. The minimum Gasteiger partial charge on any atom is -0.352 e. The van der Waals surface area contributed by atoms with Crippen LogP contribution in [0.5, 0.6) is 0 Å². The average Bonchev–Trinajstić information content (AvgIpc) is 2.87. The van der Waals surface area contributed by atoms with Gasteiger partial charge in [-0.1, -0.05) is 53.5 Å². The first-order chi connectivity index (χ1) is 17.9. The Morgan fingerprint density at radius 1 is 0.947 bits per heavy atom. The summed E-state index contributed by atoms with van der Waals surface area (Å²) in [5.41, 5.74) is 0.611. The second-order valence-corrected chi connectivity index (χ2v) is 11.6. The van der Waals surface area contributed by atoms with Crippen LogP contribution >= 0.6 is 23.2 Å². The van der Waals surface area contributed by atoms with Gasteiger partial charge in [-0.15, -0.1) is 0 Å². The van der Waals surface area contributed by atoms with Crippen molar-refractivity contribution in [1.29, 1.82) is 0 Å². The Labute approximate surface area is 232 Å². The molecule has 1 N–H and O–H groups in total. The maximum atomic E-state index is 13.8. The lowest BCUT2D eigenvalue weighted by Crippen LogP contribution is -2.52. The van der Waals surface area contributed by atoms with Crippen LogP contribution in [0.4, 0.5) is 10.1 Å². The molecule has 0 radical (unpaired) electrons. The van der Waals surface area contributed by atoms with Gasteiger partial charge in [-0.3, -0.25) is 13.9 Å². The van der Waals surface area contributed by atoms with Crippen LogP contribution in [0.3, 0.4) is 0 Å². The lowest BCUT2D eigenvalue weighted by molar-refractivity contribution is -0.139. The van der Waals surface area contributed by atoms with Gasteiger partial charge in [0.1, 0.15) is 18.4 Å². The highest BCUT2D eigenvalue weighted by molar-refractivity contribution is 7.92. The molecule has 0 unspecified atom stereocenters. The zero-order valence-corrected chi connectivity index (χ0v) is 23.4.